The van der Waals surface area contributed by atoms with E-state index in [2.05, 4.69) is 4.98 Å². The van der Waals surface area contributed by atoms with Gasteiger partial charge < -0.3 is 24.7 Å². The van der Waals surface area contributed by atoms with Gasteiger partial charge in [-0.05, 0) is 0 Å². The molecule has 1 saturated heterocycles. The molecule has 0 spiro atoms. The normalized spacial score (nSPS) is 31.8. The lowest BCUT2D eigenvalue weighted by atomic mass is 10.0. The van der Waals surface area contributed by atoms with Crippen molar-refractivity contribution >= 4 is 0 Å². The maximum Gasteiger partial charge on any atom is 0.250 e. The molecule has 2 rings (SSSR count). The molecule has 2 heterocycles. The van der Waals surface area contributed by atoms with Gasteiger partial charge >= 0.3 is 0 Å². The third kappa shape index (κ3) is 2.17. The Morgan fingerprint density at radius 3 is 2.89 bits per heavy atom. The third-order valence-corrected chi connectivity index (χ3v) is 3.00. The minimum atomic E-state index is -1.06. The summed E-state index contributed by atoms with van der Waals surface area (Å²) < 4.78 is 24.1. The molecule has 0 amide bonds. The van der Waals surface area contributed by atoms with Crippen LogP contribution in [-0.2, 0) is 9.47 Å². The molecule has 6 nitrogen and oxygen atoms in total. The number of hydrogen-bond acceptors (Lipinski definition) is 5. The lowest BCUT2D eigenvalue weighted by Crippen LogP contribution is -2.34. The first kappa shape index (κ1) is 13.2. The number of halogens is 1. The summed E-state index contributed by atoms with van der Waals surface area (Å²) in [6.45, 7) is -0.400. The number of nitrogens with one attached hydrogen (secondary N) is 1. The maximum atomic E-state index is 13.7. The minimum absolute atomic E-state index is 0.0800. The minimum Gasteiger partial charge on any atom is -0.394 e. The molecular weight excluding hydrogens is 245 g/mol. The third-order valence-electron chi connectivity index (χ3n) is 3.00. The molecule has 0 aliphatic carbocycles. The molecule has 18 heavy (non-hydrogen) atoms. The summed E-state index contributed by atoms with van der Waals surface area (Å²) in [4.78, 5) is 13.3. The highest BCUT2D eigenvalue weighted by molar-refractivity contribution is 5.19. The van der Waals surface area contributed by atoms with E-state index in [1.807, 2.05) is 0 Å². The van der Waals surface area contributed by atoms with E-state index in [0.717, 1.165) is 6.07 Å². The smallest absolute Gasteiger partial charge is 0.250 e. The van der Waals surface area contributed by atoms with Crippen molar-refractivity contribution in [3.8, 4) is 0 Å². The van der Waals surface area contributed by atoms with E-state index in [0.29, 0.717) is 0 Å². The molecule has 0 saturated carbocycles. The van der Waals surface area contributed by atoms with Crippen LogP contribution in [0, 0.1) is 5.82 Å². The second kappa shape index (κ2) is 5.15. The van der Waals surface area contributed by atoms with Gasteiger partial charge in [-0.2, -0.15) is 0 Å². The zero-order valence-corrected chi connectivity index (χ0v) is 9.67. The molecule has 0 bridgehead atoms. The van der Waals surface area contributed by atoms with E-state index in [1.165, 1.54) is 13.3 Å². The lowest BCUT2D eigenvalue weighted by Gasteiger charge is -2.18. The average molecular weight is 259 g/mol. The van der Waals surface area contributed by atoms with E-state index in [4.69, 9.17) is 14.6 Å². The largest absolute Gasteiger partial charge is 0.394 e. The second-order valence-corrected chi connectivity index (χ2v) is 4.07. The standard InChI is InChI=1S/C11H14FNO5/c1-17-11-9(16)7(4-14)18-10(11)5-3-13-8(15)2-6(5)12/h2-3,7,9-11,14,16H,4H2,1H3,(H,13,15)/t7-,9?,10+,11?/m1/s1. The fraction of sp³-hybridized carbons (Fsp3) is 0.545. The van der Waals surface area contributed by atoms with Gasteiger partial charge in [0, 0.05) is 24.9 Å². The van der Waals surface area contributed by atoms with Crippen LogP contribution >= 0.6 is 0 Å². The summed E-state index contributed by atoms with van der Waals surface area (Å²) in [5, 5.41) is 18.9. The molecule has 1 aromatic heterocycles. The summed E-state index contributed by atoms with van der Waals surface area (Å²) >= 11 is 0. The van der Waals surface area contributed by atoms with Crippen LogP contribution in [0.1, 0.15) is 11.7 Å². The molecule has 4 atom stereocenters. The van der Waals surface area contributed by atoms with Crippen LogP contribution in [0.15, 0.2) is 17.1 Å². The van der Waals surface area contributed by atoms with Crippen LogP contribution in [0.25, 0.3) is 0 Å². The van der Waals surface area contributed by atoms with Crippen LogP contribution in [0.2, 0.25) is 0 Å². The highest BCUT2D eigenvalue weighted by Gasteiger charge is 2.45. The number of aliphatic hydroxyl groups is 2. The number of ether oxygens (including phenoxy) is 2. The summed E-state index contributed by atoms with van der Waals surface area (Å²) in [6.07, 6.45) is -2.40. The van der Waals surface area contributed by atoms with Crippen molar-refractivity contribution in [3.05, 3.63) is 34.0 Å². The SMILES string of the molecule is COC1C(O)[C@@H](CO)O[C@H]1c1c[nH]c(=O)cc1F. The van der Waals surface area contributed by atoms with Crippen LogP contribution in [0.3, 0.4) is 0 Å². The molecule has 2 unspecified atom stereocenters. The quantitative estimate of drug-likeness (QED) is 0.669. The Labute approximate surface area is 102 Å². The molecule has 0 aromatic carbocycles. The zero-order valence-electron chi connectivity index (χ0n) is 9.67. The Morgan fingerprint density at radius 2 is 2.33 bits per heavy atom. The monoisotopic (exact) mass is 259 g/mol. The Hall–Kier alpha value is -1.28. The Balaban J connectivity index is 2.34. The molecule has 0 radical (unpaired) electrons. The van der Waals surface area contributed by atoms with Gasteiger partial charge in [0.05, 0.1) is 6.61 Å². The van der Waals surface area contributed by atoms with Crippen LogP contribution in [0.5, 0.6) is 0 Å². The van der Waals surface area contributed by atoms with Gasteiger partial charge in [-0.25, -0.2) is 4.39 Å². The second-order valence-electron chi connectivity index (χ2n) is 4.07. The topological polar surface area (TPSA) is 91.8 Å². The van der Waals surface area contributed by atoms with Crippen molar-refractivity contribution < 1.29 is 24.1 Å². The maximum absolute atomic E-state index is 13.7. The van der Waals surface area contributed by atoms with Crippen molar-refractivity contribution in [2.45, 2.75) is 24.4 Å². The lowest BCUT2D eigenvalue weighted by molar-refractivity contribution is -0.0247. The average Bonchev–Trinajstić information content (AvgIpc) is 2.65. The number of methoxy groups -OCH3 is 1. The molecule has 1 fully saturated rings. The number of pyridine rings is 1. The zero-order chi connectivity index (χ0) is 13.3. The van der Waals surface area contributed by atoms with Crippen molar-refractivity contribution in [2.75, 3.05) is 13.7 Å². The van der Waals surface area contributed by atoms with Gasteiger partial charge in [-0.15, -0.1) is 0 Å². The number of aromatic amines is 1. The fourth-order valence-electron chi connectivity index (χ4n) is 2.08. The Bertz CT molecular complexity index is 477. The number of aliphatic hydroxyl groups excluding tert-OH is 2. The van der Waals surface area contributed by atoms with Gasteiger partial charge in [0.2, 0.25) is 0 Å². The van der Waals surface area contributed by atoms with Crippen molar-refractivity contribution in [1.29, 1.82) is 0 Å². The fourth-order valence-corrected chi connectivity index (χ4v) is 2.08. The number of rotatable bonds is 3. The summed E-state index contributed by atoms with van der Waals surface area (Å²) in [6, 6.07) is 0.796. The van der Waals surface area contributed by atoms with Crippen molar-refractivity contribution in [2.24, 2.45) is 0 Å². The molecule has 1 aliphatic rings. The summed E-state index contributed by atoms with van der Waals surface area (Å²) in [5.74, 6) is -0.739. The van der Waals surface area contributed by atoms with Gasteiger partial charge in [0.25, 0.3) is 5.56 Å². The van der Waals surface area contributed by atoms with Gasteiger partial charge in [0.15, 0.2) is 0 Å². The molecular formula is C11H14FNO5. The van der Waals surface area contributed by atoms with Gasteiger partial charge in [-0.1, -0.05) is 0 Å². The van der Waals surface area contributed by atoms with Gasteiger partial charge in [0.1, 0.15) is 30.2 Å². The first-order valence-electron chi connectivity index (χ1n) is 5.43. The number of hydrogen-bond donors (Lipinski definition) is 3. The first-order chi connectivity index (χ1) is 8.58. The highest BCUT2D eigenvalue weighted by atomic mass is 19.1. The molecule has 3 N–H and O–H groups in total. The number of H-pyrrole nitrogens is 1. The predicted octanol–water partition coefficient (Wildman–Crippen LogP) is -0.678. The predicted molar refractivity (Wildman–Crippen MR) is 58.5 cm³/mol. The van der Waals surface area contributed by atoms with E-state index < -0.39 is 42.4 Å². The molecule has 7 heteroatoms. The Kier molecular flexibility index (Phi) is 3.76. The van der Waals surface area contributed by atoms with Crippen LogP contribution < -0.4 is 5.56 Å². The van der Waals surface area contributed by atoms with E-state index in [1.54, 1.807) is 0 Å². The van der Waals surface area contributed by atoms with E-state index >= 15 is 0 Å². The molecule has 100 valence electrons. The van der Waals surface area contributed by atoms with Gasteiger partial charge in [-0.3, -0.25) is 4.79 Å². The summed E-state index contributed by atoms with van der Waals surface area (Å²) in [7, 11) is 1.35. The van der Waals surface area contributed by atoms with E-state index in [9.17, 15) is 14.3 Å². The molecule has 1 aliphatic heterocycles. The van der Waals surface area contributed by atoms with E-state index in [-0.39, 0.29) is 5.56 Å². The number of aromatic nitrogens is 1. The summed E-state index contributed by atoms with van der Waals surface area (Å²) in [5.41, 5.74) is -0.487. The van der Waals surface area contributed by atoms with Crippen LogP contribution in [0.4, 0.5) is 4.39 Å². The highest BCUT2D eigenvalue weighted by Crippen LogP contribution is 2.35. The van der Waals surface area contributed by atoms with Crippen LogP contribution in [-0.4, -0.2) is 47.2 Å². The first-order valence-corrected chi connectivity index (χ1v) is 5.43. The Morgan fingerprint density at radius 1 is 1.61 bits per heavy atom. The molecule has 1 aromatic rings. The van der Waals surface area contributed by atoms with Crippen molar-refractivity contribution in [1.82, 2.24) is 4.98 Å². The van der Waals surface area contributed by atoms with Crippen molar-refractivity contribution in [3.63, 3.8) is 0 Å².